The third-order valence-electron chi connectivity index (χ3n) is 1.34. The van der Waals surface area contributed by atoms with E-state index in [9.17, 15) is 9.59 Å². The Morgan fingerprint density at radius 2 is 1.80 bits per heavy atom. The average Bonchev–Trinajstić information content (AvgIpc) is 1.99. The number of ketones is 1. The summed E-state index contributed by atoms with van der Waals surface area (Å²) in [5.41, 5.74) is 0. The van der Waals surface area contributed by atoms with Crippen molar-refractivity contribution in [3.8, 4) is 0 Å². The third-order valence-corrected chi connectivity index (χ3v) is 2.22. The highest BCUT2D eigenvalue weighted by Crippen LogP contribution is 2.14. The van der Waals surface area contributed by atoms with E-state index in [0.29, 0.717) is 5.76 Å². The predicted molar refractivity (Wildman–Crippen MR) is 59.8 cm³/mol. The largest absolute Gasteiger partial charge is 0.547 e. The lowest BCUT2D eigenvalue weighted by Gasteiger charge is -2.20. The molecule has 4 nitrogen and oxygen atoms in total. The molecule has 0 aliphatic rings. The molecule has 0 aliphatic carbocycles. The molecule has 0 spiro atoms. The fraction of sp³-hybridized carbons (Fsp3) is 0.600. The van der Waals surface area contributed by atoms with Crippen molar-refractivity contribution in [1.29, 1.82) is 0 Å². The summed E-state index contributed by atoms with van der Waals surface area (Å²) in [4.78, 5) is 22.0. The summed E-state index contributed by atoms with van der Waals surface area (Å²) in [6.07, 6.45) is 1.37. The first kappa shape index (κ1) is 13.9. The number of carbonyl (C=O) groups is 2. The molecule has 15 heavy (non-hydrogen) atoms. The van der Waals surface area contributed by atoms with Crippen LogP contribution in [0.5, 0.6) is 0 Å². The van der Waals surface area contributed by atoms with Crippen LogP contribution in [0.25, 0.3) is 0 Å². The van der Waals surface area contributed by atoms with Crippen molar-refractivity contribution in [2.24, 2.45) is 0 Å². The molecule has 0 aliphatic heterocycles. The van der Waals surface area contributed by atoms with Crippen molar-refractivity contribution < 1.29 is 18.8 Å². The lowest BCUT2D eigenvalue weighted by molar-refractivity contribution is -0.135. The SMILES string of the molecule is COC(=O)/C=C(/CC(C)=O)O[Si](C)(C)C. The molecule has 86 valence electrons. The molecular formula is C10H18O4Si. The Bertz CT molecular complexity index is 276. The topological polar surface area (TPSA) is 52.6 Å². The Morgan fingerprint density at radius 3 is 2.13 bits per heavy atom. The predicted octanol–water partition coefficient (Wildman–Crippen LogP) is 1.87. The number of ether oxygens (including phenoxy) is 1. The molecule has 0 aromatic heterocycles. The number of hydrogen-bond donors (Lipinski definition) is 0. The van der Waals surface area contributed by atoms with Crippen molar-refractivity contribution in [1.82, 2.24) is 0 Å². The Labute approximate surface area is 91.4 Å². The van der Waals surface area contributed by atoms with Crippen LogP contribution in [-0.2, 0) is 18.8 Å². The minimum absolute atomic E-state index is 0.0385. The molecule has 0 unspecified atom stereocenters. The number of hydrogen-bond acceptors (Lipinski definition) is 4. The van der Waals surface area contributed by atoms with Crippen LogP contribution in [0.2, 0.25) is 19.6 Å². The molecule has 0 saturated heterocycles. The molecule has 0 radical (unpaired) electrons. The van der Waals surface area contributed by atoms with Gasteiger partial charge in [0.05, 0.1) is 25.4 Å². The van der Waals surface area contributed by atoms with E-state index in [4.69, 9.17) is 4.43 Å². The van der Waals surface area contributed by atoms with Crippen molar-refractivity contribution in [2.75, 3.05) is 7.11 Å². The van der Waals surface area contributed by atoms with Gasteiger partial charge in [-0.15, -0.1) is 0 Å². The smallest absolute Gasteiger partial charge is 0.333 e. The van der Waals surface area contributed by atoms with Crippen LogP contribution in [0.4, 0.5) is 0 Å². The van der Waals surface area contributed by atoms with Gasteiger partial charge in [0.15, 0.2) is 0 Å². The molecule has 0 amide bonds. The minimum Gasteiger partial charge on any atom is -0.547 e. The van der Waals surface area contributed by atoms with Gasteiger partial charge in [0.1, 0.15) is 5.78 Å². The summed E-state index contributed by atoms with van der Waals surface area (Å²) in [6, 6.07) is 0. The number of esters is 1. The molecule has 0 rings (SSSR count). The van der Waals surface area contributed by atoms with Crippen LogP contribution in [-0.4, -0.2) is 27.2 Å². The first-order chi connectivity index (χ1) is 6.74. The Hall–Kier alpha value is -1.10. The summed E-state index contributed by atoms with van der Waals surface area (Å²) >= 11 is 0. The van der Waals surface area contributed by atoms with Crippen molar-refractivity contribution in [3.63, 3.8) is 0 Å². The maximum atomic E-state index is 11.0. The zero-order valence-electron chi connectivity index (χ0n) is 9.92. The van der Waals surface area contributed by atoms with Gasteiger partial charge in [-0.25, -0.2) is 4.79 Å². The summed E-state index contributed by atoms with van der Waals surface area (Å²) in [7, 11) is -0.505. The Morgan fingerprint density at radius 1 is 1.27 bits per heavy atom. The number of carbonyl (C=O) groups excluding carboxylic acids is 2. The van der Waals surface area contributed by atoms with Gasteiger partial charge in [-0.3, -0.25) is 4.79 Å². The second-order valence-corrected chi connectivity index (χ2v) is 8.66. The van der Waals surface area contributed by atoms with Crippen LogP contribution in [0.3, 0.4) is 0 Å². The Kier molecular flexibility index (Phi) is 5.28. The molecule has 0 saturated carbocycles. The van der Waals surface area contributed by atoms with Crippen molar-refractivity contribution in [3.05, 3.63) is 11.8 Å². The van der Waals surface area contributed by atoms with E-state index >= 15 is 0 Å². The second-order valence-electron chi connectivity index (χ2n) is 4.23. The average molecular weight is 230 g/mol. The van der Waals surface area contributed by atoms with E-state index in [0.717, 1.165) is 0 Å². The molecule has 0 aromatic rings. The maximum absolute atomic E-state index is 11.0. The monoisotopic (exact) mass is 230 g/mol. The lowest BCUT2D eigenvalue weighted by Crippen LogP contribution is -2.25. The van der Waals surface area contributed by atoms with Crippen molar-refractivity contribution >= 4 is 20.1 Å². The van der Waals surface area contributed by atoms with Crippen LogP contribution >= 0.6 is 0 Å². The molecule has 5 heteroatoms. The van der Waals surface area contributed by atoms with Crippen LogP contribution < -0.4 is 0 Å². The van der Waals surface area contributed by atoms with Crippen LogP contribution in [0, 0.1) is 0 Å². The van der Waals surface area contributed by atoms with E-state index in [1.165, 1.54) is 20.1 Å². The molecule has 0 atom stereocenters. The Balaban J connectivity index is 4.65. The van der Waals surface area contributed by atoms with E-state index in [1.807, 2.05) is 19.6 Å². The zero-order valence-corrected chi connectivity index (χ0v) is 10.9. The standard InChI is InChI=1S/C10H18O4Si/c1-8(11)6-9(7-10(12)13-2)14-15(3,4)5/h7H,6H2,1-5H3/b9-7-. The maximum Gasteiger partial charge on any atom is 0.333 e. The fourth-order valence-electron chi connectivity index (χ4n) is 0.946. The minimum atomic E-state index is -1.80. The van der Waals surface area contributed by atoms with E-state index < -0.39 is 14.3 Å². The summed E-state index contributed by atoms with van der Waals surface area (Å²) in [5.74, 6) is -0.138. The van der Waals surface area contributed by atoms with Gasteiger partial charge < -0.3 is 9.16 Å². The molecule has 0 aromatic carbocycles. The molecule has 0 heterocycles. The molecule has 0 N–H and O–H groups in total. The normalized spacial score (nSPS) is 12.2. The third kappa shape index (κ3) is 7.93. The number of rotatable bonds is 5. The number of Topliss-reactive ketones (excluding diaryl/α,β-unsaturated/α-hetero) is 1. The van der Waals surface area contributed by atoms with Crippen molar-refractivity contribution in [2.45, 2.75) is 33.0 Å². The molecule has 0 bridgehead atoms. The first-order valence-corrected chi connectivity index (χ1v) is 8.12. The second kappa shape index (κ2) is 5.70. The van der Waals surface area contributed by atoms with E-state index in [1.54, 1.807) is 0 Å². The van der Waals surface area contributed by atoms with Gasteiger partial charge in [0, 0.05) is 0 Å². The summed E-state index contributed by atoms with van der Waals surface area (Å²) in [5, 5.41) is 0. The van der Waals surface area contributed by atoms with Gasteiger partial charge >= 0.3 is 5.97 Å². The summed E-state index contributed by atoms with van der Waals surface area (Å²) in [6.45, 7) is 7.41. The highest BCUT2D eigenvalue weighted by molar-refractivity contribution is 6.70. The summed E-state index contributed by atoms with van der Waals surface area (Å²) < 4.78 is 10.1. The number of allylic oxidation sites excluding steroid dienone is 1. The highest BCUT2D eigenvalue weighted by atomic mass is 28.4. The van der Waals surface area contributed by atoms with Gasteiger partial charge in [-0.05, 0) is 26.6 Å². The van der Waals surface area contributed by atoms with E-state index in [-0.39, 0.29) is 12.2 Å². The fourth-order valence-corrected chi connectivity index (χ4v) is 1.86. The van der Waals surface area contributed by atoms with Gasteiger partial charge in [0.2, 0.25) is 8.32 Å². The molecular weight excluding hydrogens is 212 g/mol. The van der Waals surface area contributed by atoms with Gasteiger partial charge in [-0.1, -0.05) is 0 Å². The van der Waals surface area contributed by atoms with Gasteiger partial charge in [0.25, 0.3) is 0 Å². The van der Waals surface area contributed by atoms with Crippen LogP contribution in [0.15, 0.2) is 11.8 Å². The highest BCUT2D eigenvalue weighted by Gasteiger charge is 2.19. The zero-order chi connectivity index (χ0) is 12.1. The quantitative estimate of drug-likeness (QED) is 0.313. The number of methoxy groups -OCH3 is 1. The molecule has 0 fully saturated rings. The lowest BCUT2D eigenvalue weighted by atomic mass is 10.2. The van der Waals surface area contributed by atoms with E-state index in [2.05, 4.69) is 4.74 Å². The van der Waals surface area contributed by atoms with Crippen LogP contribution in [0.1, 0.15) is 13.3 Å². The first-order valence-electron chi connectivity index (χ1n) is 4.71. The van der Waals surface area contributed by atoms with Gasteiger partial charge in [-0.2, -0.15) is 0 Å².